The van der Waals surface area contributed by atoms with Crippen LogP contribution in [-0.2, 0) is 9.47 Å². The quantitative estimate of drug-likeness (QED) is 0.105. The summed E-state index contributed by atoms with van der Waals surface area (Å²) in [6.07, 6.45) is 17.1. The van der Waals surface area contributed by atoms with Crippen LogP contribution in [-0.4, -0.2) is 74.5 Å². The highest BCUT2D eigenvalue weighted by molar-refractivity contribution is 5.88. The summed E-state index contributed by atoms with van der Waals surface area (Å²) in [6.45, 7) is 14.9. The molecule has 0 aliphatic carbocycles. The zero-order chi connectivity index (χ0) is 30.7. The average molecular weight is 591 g/mol. The van der Waals surface area contributed by atoms with E-state index in [0.29, 0.717) is 24.6 Å². The van der Waals surface area contributed by atoms with Gasteiger partial charge < -0.3 is 19.3 Å². The second-order valence-corrected chi connectivity index (χ2v) is 11.2. The van der Waals surface area contributed by atoms with Gasteiger partial charge in [0.1, 0.15) is 13.2 Å². The van der Waals surface area contributed by atoms with Gasteiger partial charge in [-0.2, -0.15) is 0 Å². The second kappa shape index (κ2) is 26.3. The normalized spacial score (nSPS) is 11.2. The van der Waals surface area contributed by atoms with Crippen molar-refractivity contribution in [1.82, 2.24) is 9.80 Å². The molecular formula is C34H62N4O4. The van der Waals surface area contributed by atoms with E-state index >= 15 is 0 Å². The number of carbonyl (C=O) groups is 2. The molecule has 1 rings (SSSR count). The Labute approximate surface area is 257 Å². The maximum Gasteiger partial charge on any atom is 0.411 e. The number of benzene rings is 1. The molecule has 0 spiro atoms. The first kappa shape index (κ1) is 37.7. The van der Waals surface area contributed by atoms with E-state index in [4.69, 9.17) is 9.47 Å². The predicted molar refractivity (Wildman–Crippen MR) is 177 cm³/mol. The molecule has 1 aromatic carbocycles. The predicted octanol–water partition coefficient (Wildman–Crippen LogP) is 8.93. The molecule has 0 aliphatic heterocycles. The van der Waals surface area contributed by atoms with E-state index < -0.39 is 12.2 Å². The number of hydrogen-bond donors (Lipinski definition) is 2. The van der Waals surface area contributed by atoms with Crippen LogP contribution < -0.4 is 10.6 Å². The van der Waals surface area contributed by atoms with Crippen LogP contribution in [0, 0.1) is 0 Å². The van der Waals surface area contributed by atoms with Gasteiger partial charge in [-0.25, -0.2) is 9.59 Å². The highest BCUT2D eigenvalue weighted by Gasteiger charge is 2.09. The molecule has 0 saturated heterocycles. The average Bonchev–Trinajstić information content (AvgIpc) is 2.98. The molecule has 0 atom stereocenters. The number of anilines is 2. The summed E-state index contributed by atoms with van der Waals surface area (Å²) in [4.78, 5) is 29.3. The van der Waals surface area contributed by atoms with Crippen LogP contribution in [0.3, 0.4) is 0 Å². The van der Waals surface area contributed by atoms with Crippen molar-refractivity contribution < 1.29 is 19.1 Å². The van der Waals surface area contributed by atoms with Gasteiger partial charge in [0.05, 0.1) is 0 Å². The van der Waals surface area contributed by atoms with Crippen LogP contribution in [0.2, 0.25) is 0 Å². The van der Waals surface area contributed by atoms with Gasteiger partial charge in [-0.1, -0.05) is 111 Å². The van der Waals surface area contributed by atoms with Gasteiger partial charge in [0, 0.05) is 24.5 Å². The minimum Gasteiger partial charge on any atom is -0.448 e. The number of carbonyl (C=O) groups excluding carboxylic acids is 2. The minimum atomic E-state index is -0.498. The standard InChI is InChI=1S/C34H62N4O4/c1-5-9-11-13-15-17-19-24-37(7-3)26-28-41-33(39)35-31-22-21-23-32(30-31)36-34(40)42-29-27-38(8-4)25-20-18-16-14-12-10-6-2/h21-23,30H,5-20,24-29H2,1-4H3,(H,35,39)(H,36,40). The van der Waals surface area contributed by atoms with E-state index in [1.165, 1.54) is 89.9 Å². The van der Waals surface area contributed by atoms with Crippen molar-refractivity contribution in [1.29, 1.82) is 0 Å². The molecule has 0 saturated carbocycles. The lowest BCUT2D eigenvalue weighted by atomic mass is 10.1. The van der Waals surface area contributed by atoms with Crippen LogP contribution in [0.1, 0.15) is 118 Å². The topological polar surface area (TPSA) is 83.1 Å². The molecule has 0 aromatic heterocycles. The summed E-state index contributed by atoms with van der Waals surface area (Å²) >= 11 is 0. The third kappa shape index (κ3) is 20.5. The van der Waals surface area contributed by atoms with E-state index in [-0.39, 0.29) is 0 Å². The van der Waals surface area contributed by atoms with Crippen molar-refractivity contribution in [2.24, 2.45) is 0 Å². The van der Waals surface area contributed by atoms with Crippen molar-refractivity contribution >= 4 is 23.6 Å². The zero-order valence-electron chi connectivity index (χ0n) is 27.4. The molecule has 0 unspecified atom stereocenters. The first-order valence-corrected chi connectivity index (χ1v) is 16.9. The van der Waals surface area contributed by atoms with Crippen LogP contribution in [0.15, 0.2) is 24.3 Å². The molecule has 0 radical (unpaired) electrons. The van der Waals surface area contributed by atoms with Crippen LogP contribution >= 0.6 is 0 Å². The first-order valence-electron chi connectivity index (χ1n) is 16.9. The minimum absolute atomic E-state index is 0.341. The van der Waals surface area contributed by atoms with Gasteiger partial charge in [0.15, 0.2) is 0 Å². The maximum atomic E-state index is 12.3. The lowest BCUT2D eigenvalue weighted by Crippen LogP contribution is -2.30. The lowest BCUT2D eigenvalue weighted by molar-refractivity contribution is 0.139. The van der Waals surface area contributed by atoms with Gasteiger partial charge in [0.2, 0.25) is 0 Å². The van der Waals surface area contributed by atoms with Crippen molar-refractivity contribution in [2.75, 3.05) is 63.1 Å². The number of rotatable bonds is 26. The van der Waals surface area contributed by atoms with Crippen LogP contribution in [0.25, 0.3) is 0 Å². The van der Waals surface area contributed by atoms with Crippen molar-refractivity contribution in [2.45, 2.75) is 118 Å². The van der Waals surface area contributed by atoms with Gasteiger partial charge in [-0.3, -0.25) is 10.6 Å². The Bertz CT molecular complexity index is 746. The van der Waals surface area contributed by atoms with E-state index in [2.05, 4.69) is 48.1 Å². The number of hydrogen-bond acceptors (Lipinski definition) is 6. The molecule has 2 amide bonds. The monoisotopic (exact) mass is 590 g/mol. The summed E-state index contributed by atoms with van der Waals surface area (Å²) < 4.78 is 10.8. The highest BCUT2D eigenvalue weighted by Crippen LogP contribution is 2.16. The molecule has 42 heavy (non-hydrogen) atoms. The van der Waals surface area contributed by atoms with E-state index in [1.807, 2.05) is 0 Å². The summed E-state index contributed by atoms with van der Waals surface area (Å²) in [5.41, 5.74) is 1.11. The molecule has 2 N–H and O–H groups in total. The Morgan fingerprint density at radius 3 is 1.33 bits per heavy atom. The van der Waals surface area contributed by atoms with E-state index in [0.717, 1.165) is 39.3 Å². The van der Waals surface area contributed by atoms with E-state index in [9.17, 15) is 9.59 Å². The highest BCUT2D eigenvalue weighted by atomic mass is 16.6. The number of likely N-dealkylation sites (N-methyl/N-ethyl adjacent to an activating group) is 2. The fraction of sp³-hybridized carbons (Fsp3) is 0.765. The van der Waals surface area contributed by atoms with Crippen LogP contribution in [0.4, 0.5) is 21.0 Å². The number of nitrogens with one attached hydrogen (secondary N) is 2. The molecule has 0 aliphatic rings. The SMILES string of the molecule is CCCCCCCCCN(CC)CCOC(=O)Nc1cccc(NC(=O)OCCN(CC)CCCCCCCCC)c1. The second-order valence-electron chi connectivity index (χ2n) is 11.2. The van der Waals surface area contributed by atoms with Gasteiger partial charge in [-0.05, 0) is 57.2 Å². The number of unbranched alkanes of at least 4 members (excludes halogenated alkanes) is 12. The molecular weight excluding hydrogens is 528 g/mol. The zero-order valence-corrected chi connectivity index (χ0v) is 27.4. The molecule has 242 valence electrons. The lowest BCUT2D eigenvalue weighted by Gasteiger charge is -2.20. The molecule has 8 nitrogen and oxygen atoms in total. The van der Waals surface area contributed by atoms with Gasteiger partial charge in [0.25, 0.3) is 0 Å². The third-order valence-electron chi connectivity index (χ3n) is 7.69. The van der Waals surface area contributed by atoms with Crippen LogP contribution in [0.5, 0.6) is 0 Å². The summed E-state index contributed by atoms with van der Waals surface area (Å²) in [5, 5.41) is 5.50. The Hall–Kier alpha value is -2.32. The Balaban J connectivity index is 2.25. The smallest absolute Gasteiger partial charge is 0.411 e. The number of nitrogens with zero attached hydrogens (tertiary/aromatic N) is 2. The molecule has 0 heterocycles. The van der Waals surface area contributed by atoms with Crippen molar-refractivity contribution in [3.05, 3.63) is 24.3 Å². The Kier molecular flexibility index (Phi) is 23.6. The Morgan fingerprint density at radius 2 is 0.952 bits per heavy atom. The fourth-order valence-corrected chi connectivity index (χ4v) is 4.96. The molecule has 0 fully saturated rings. The van der Waals surface area contributed by atoms with Gasteiger partial charge in [-0.15, -0.1) is 0 Å². The van der Waals surface area contributed by atoms with Crippen molar-refractivity contribution in [3.63, 3.8) is 0 Å². The Morgan fingerprint density at radius 1 is 0.571 bits per heavy atom. The summed E-state index contributed by atoms with van der Waals surface area (Å²) in [5.74, 6) is 0. The molecule has 0 bridgehead atoms. The van der Waals surface area contributed by atoms with Gasteiger partial charge >= 0.3 is 12.2 Å². The molecule has 8 heteroatoms. The largest absolute Gasteiger partial charge is 0.448 e. The van der Waals surface area contributed by atoms with E-state index in [1.54, 1.807) is 24.3 Å². The maximum absolute atomic E-state index is 12.3. The third-order valence-corrected chi connectivity index (χ3v) is 7.69. The number of ether oxygens (including phenoxy) is 2. The molecule has 1 aromatic rings. The summed E-state index contributed by atoms with van der Waals surface area (Å²) in [6, 6.07) is 6.99. The first-order chi connectivity index (χ1) is 20.5. The fourth-order valence-electron chi connectivity index (χ4n) is 4.96. The van der Waals surface area contributed by atoms with Crippen molar-refractivity contribution in [3.8, 4) is 0 Å². The summed E-state index contributed by atoms with van der Waals surface area (Å²) in [7, 11) is 0. The number of amides is 2.